The predicted molar refractivity (Wildman–Crippen MR) is 82.9 cm³/mol. The van der Waals surface area contributed by atoms with Crippen LogP contribution in [0.4, 0.5) is 0 Å². The Hall–Kier alpha value is -1.22. The van der Waals surface area contributed by atoms with Crippen LogP contribution in [0.3, 0.4) is 0 Å². The first-order valence-corrected chi connectivity index (χ1v) is 7.03. The molecule has 2 rings (SSSR count). The van der Waals surface area contributed by atoms with Crippen LogP contribution >= 0.6 is 23.2 Å². The van der Waals surface area contributed by atoms with E-state index in [4.69, 9.17) is 27.9 Å². The van der Waals surface area contributed by atoms with Crippen LogP contribution < -0.4 is 4.74 Å². The van der Waals surface area contributed by atoms with Crippen molar-refractivity contribution in [2.45, 2.75) is 19.4 Å². The summed E-state index contributed by atoms with van der Waals surface area (Å²) in [5.41, 5.74) is 2.65. The van der Waals surface area contributed by atoms with Gasteiger partial charge in [0.15, 0.2) is 0 Å². The van der Waals surface area contributed by atoms with Crippen LogP contribution in [0.5, 0.6) is 5.75 Å². The Kier molecular flexibility index (Phi) is 4.92. The topological polar surface area (TPSA) is 29.5 Å². The fraction of sp³-hybridized carbons (Fsp3) is 0.250. The molecular weight excluding hydrogens is 295 g/mol. The largest absolute Gasteiger partial charge is 0.496 e. The SMILES string of the molecule is COc1cc(C(O)Cc2cc(Cl)ccc2Cl)ccc1C. The van der Waals surface area contributed by atoms with Crippen LogP contribution in [-0.2, 0) is 6.42 Å². The standard InChI is InChI=1S/C16H16Cl2O2/c1-10-3-4-11(9-16(10)20-2)15(19)8-12-7-13(17)5-6-14(12)18/h3-7,9,15,19H,8H2,1-2H3. The molecule has 106 valence electrons. The summed E-state index contributed by atoms with van der Waals surface area (Å²) < 4.78 is 5.27. The maximum absolute atomic E-state index is 10.3. The van der Waals surface area contributed by atoms with E-state index >= 15 is 0 Å². The number of aliphatic hydroxyl groups excluding tert-OH is 1. The summed E-state index contributed by atoms with van der Waals surface area (Å²) in [6.45, 7) is 1.96. The zero-order valence-corrected chi connectivity index (χ0v) is 12.9. The first-order valence-electron chi connectivity index (χ1n) is 6.28. The van der Waals surface area contributed by atoms with E-state index in [2.05, 4.69) is 0 Å². The van der Waals surface area contributed by atoms with E-state index in [-0.39, 0.29) is 0 Å². The molecule has 0 aliphatic heterocycles. The normalized spacial score (nSPS) is 12.2. The highest BCUT2D eigenvalue weighted by atomic mass is 35.5. The number of hydrogen-bond acceptors (Lipinski definition) is 2. The minimum absolute atomic E-state index is 0.408. The zero-order valence-electron chi connectivity index (χ0n) is 11.4. The highest BCUT2D eigenvalue weighted by Crippen LogP contribution is 2.28. The van der Waals surface area contributed by atoms with Gasteiger partial charge in [0, 0.05) is 16.5 Å². The Balaban J connectivity index is 2.23. The van der Waals surface area contributed by atoms with Gasteiger partial charge in [0.05, 0.1) is 13.2 Å². The number of hydrogen-bond donors (Lipinski definition) is 1. The summed E-state index contributed by atoms with van der Waals surface area (Å²) in [5, 5.41) is 11.6. The molecule has 0 radical (unpaired) electrons. The average molecular weight is 311 g/mol. The van der Waals surface area contributed by atoms with E-state index < -0.39 is 6.10 Å². The molecule has 20 heavy (non-hydrogen) atoms. The van der Waals surface area contributed by atoms with Gasteiger partial charge in [0.25, 0.3) is 0 Å². The minimum atomic E-state index is -0.652. The molecule has 2 nitrogen and oxygen atoms in total. The maximum atomic E-state index is 10.3. The second-order valence-electron chi connectivity index (χ2n) is 4.68. The molecule has 1 N–H and O–H groups in total. The van der Waals surface area contributed by atoms with Gasteiger partial charge in [-0.2, -0.15) is 0 Å². The molecule has 0 fully saturated rings. The number of aliphatic hydroxyl groups is 1. The molecule has 1 atom stereocenters. The number of methoxy groups -OCH3 is 1. The van der Waals surface area contributed by atoms with Crippen molar-refractivity contribution in [1.29, 1.82) is 0 Å². The Morgan fingerprint density at radius 2 is 1.90 bits per heavy atom. The monoisotopic (exact) mass is 310 g/mol. The molecule has 2 aromatic rings. The molecule has 0 spiro atoms. The summed E-state index contributed by atoms with van der Waals surface area (Å²) in [4.78, 5) is 0. The van der Waals surface area contributed by atoms with Gasteiger partial charge in [-0.1, -0.05) is 35.3 Å². The van der Waals surface area contributed by atoms with Crippen LogP contribution in [0.15, 0.2) is 36.4 Å². The Morgan fingerprint density at radius 1 is 1.15 bits per heavy atom. The third-order valence-electron chi connectivity index (χ3n) is 3.24. The van der Waals surface area contributed by atoms with Crippen LogP contribution in [0.25, 0.3) is 0 Å². The first-order chi connectivity index (χ1) is 9.51. The number of aryl methyl sites for hydroxylation is 1. The van der Waals surface area contributed by atoms with Crippen LogP contribution in [-0.4, -0.2) is 12.2 Å². The lowest BCUT2D eigenvalue weighted by Gasteiger charge is -2.14. The van der Waals surface area contributed by atoms with Gasteiger partial charge >= 0.3 is 0 Å². The number of benzene rings is 2. The minimum Gasteiger partial charge on any atom is -0.496 e. The Labute approximate surface area is 128 Å². The van der Waals surface area contributed by atoms with Crippen molar-refractivity contribution in [3.05, 3.63) is 63.1 Å². The third-order valence-corrected chi connectivity index (χ3v) is 3.84. The molecule has 0 bridgehead atoms. The van der Waals surface area contributed by atoms with Crippen molar-refractivity contribution in [2.75, 3.05) is 7.11 Å². The fourth-order valence-corrected chi connectivity index (χ4v) is 2.46. The van der Waals surface area contributed by atoms with Gasteiger partial charge in [-0.15, -0.1) is 0 Å². The highest BCUT2D eigenvalue weighted by molar-refractivity contribution is 6.33. The summed E-state index contributed by atoms with van der Waals surface area (Å²) >= 11 is 12.1. The molecule has 4 heteroatoms. The van der Waals surface area contributed by atoms with Gasteiger partial charge in [-0.25, -0.2) is 0 Å². The van der Waals surface area contributed by atoms with Crippen molar-refractivity contribution >= 4 is 23.2 Å². The van der Waals surface area contributed by atoms with Gasteiger partial charge in [0.2, 0.25) is 0 Å². The number of halogens is 2. The molecule has 0 saturated heterocycles. The van der Waals surface area contributed by atoms with E-state index in [1.807, 2.05) is 25.1 Å². The lowest BCUT2D eigenvalue weighted by Crippen LogP contribution is -2.03. The first kappa shape index (κ1) is 15.2. The fourth-order valence-electron chi connectivity index (χ4n) is 2.07. The van der Waals surface area contributed by atoms with Crippen molar-refractivity contribution < 1.29 is 9.84 Å². The van der Waals surface area contributed by atoms with Gasteiger partial charge in [-0.05, 0) is 47.9 Å². The van der Waals surface area contributed by atoms with Crippen molar-refractivity contribution in [3.63, 3.8) is 0 Å². The molecule has 0 aliphatic carbocycles. The maximum Gasteiger partial charge on any atom is 0.122 e. The Morgan fingerprint density at radius 3 is 2.60 bits per heavy atom. The van der Waals surface area contributed by atoms with Gasteiger partial charge in [-0.3, -0.25) is 0 Å². The molecule has 0 saturated carbocycles. The second kappa shape index (κ2) is 6.49. The summed E-state index contributed by atoms with van der Waals surface area (Å²) in [6.07, 6.45) is -0.244. The van der Waals surface area contributed by atoms with Gasteiger partial charge < -0.3 is 9.84 Å². The van der Waals surface area contributed by atoms with Crippen molar-refractivity contribution in [3.8, 4) is 5.75 Å². The number of rotatable bonds is 4. The summed E-state index contributed by atoms with van der Waals surface area (Å²) in [6, 6.07) is 10.9. The predicted octanol–water partition coefficient (Wildman–Crippen LogP) is 4.59. The zero-order chi connectivity index (χ0) is 14.7. The number of ether oxygens (including phenoxy) is 1. The van der Waals surface area contributed by atoms with E-state index in [0.717, 1.165) is 22.4 Å². The van der Waals surface area contributed by atoms with Crippen molar-refractivity contribution in [2.24, 2.45) is 0 Å². The third kappa shape index (κ3) is 3.45. The van der Waals surface area contributed by atoms with Crippen molar-refractivity contribution in [1.82, 2.24) is 0 Å². The second-order valence-corrected chi connectivity index (χ2v) is 5.53. The lowest BCUT2D eigenvalue weighted by atomic mass is 10.00. The van der Waals surface area contributed by atoms with E-state index in [9.17, 15) is 5.11 Å². The Bertz CT molecular complexity index is 611. The van der Waals surface area contributed by atoms with E-state index in [1.165, 1.54) is 0 Å². The molecular formula is C16H16Cl2O2. The van der Waals surface area contributed by atoms with Crippen LogP contribution in [0, 0.1) is 6.92 Å². The summed E-state index contributed by atoms with van der Waals surface area (Å²) in [5.74, 6) is 0.763. The molecule has 1 unspecified atom stereocenters. The molecule has 0 heterocycles. The highest BCUT2D eigenvalue weighted by Gasteiger charge is 2.13. The summed E-state index contributed by atoms with van der Waals surface area (Å²) in [7, 11) is 1.62. The smallest absolute Gasteiger partial charge is 0.122 e. The molecule has 2 aromatic carbocycles. The van der Waals surface area contributed by atoms with E-state index in [1.54, 1.807) is 25.3 Å². The average Bonchev–Trinajstić information content (AvgIpc) is 2.43. The molecule has 0 aromatic heterocycles. The lowest BCUT2D eigenvalue weighted by molar-refractivity contribution is 0.178. The molecule has 0 amide bonds. The van der Waals surface area contributed by atoms with Crippen LogP contribution in [0.1, 0.15) is 22.8 Å². The van der Waals surface area contributed by atoms with Crippen LogP contribution in [0.2, 0.25) is 10.0 Å². The van der Waals surface area contributed by atoms with Gasteiger partial charge in [0.1, 0.15) is 5.75 Å². The van der Waals surface area contributed by atoms with E-state index in [0.29, 0.717) is 16.5 Å². The molecule has 0 aliphatic rings. The quantitative estimate of drug-likeness (QED) is 0.895.